The molecule has 0 aliphatic rings. The number of halogens is 2. The number of hydrogen-bond donors (Lipinski definition) is 1. The highest BCUT2D eigenvalue weighted by Crippen LogP contribution is 2.28. The average molecular weight is 235 g/mol. The lowest BCUT2D eigenvalue weighted by atomic mass is 10.1. The summed E-state index contributed by atoms with van der Waals surface area (Å²) in [6.45, 7) is 1.65. The molecule has 1 rings (SSSR count). The summed E-state index contributed by atoms with van der Waals surface area (Å²) >= 11 is 11.4. The van der Waals surface area contributed by atoms with Crippen LogP contribution in [0.2, 0.25) is 10.3 Å². The first-order valence-corrected chi connectivity index (χ1v) is 4.44. The SMILES string of the molecule is COC(=O)c1c(Cl)nc(Cl)c(C)c1N. The number of nitrogens with two attached hydrogens (primary N) is 1. The van der Waals surface area contributed by atoms with Gasteiger partial charge in [-0.3, -0.25) is 0 Å². The lowest BCUT2D eigenvalue weighted by Crippen LogP contribution is -2.09. The quantitative estimate of drug-likeness (QED) is 0.597. The van der Waals surface area contributed by atoms with Gasteiger partial charge in [0, 0.05) is 5.56 Å². The second kappa shape index (κ2) is 4.02. The van der Waals surface area contributed by atoms with Gasteiger partial charge < -0.3 is 10.5 Å². The van der Waals surface area contributed by atoms with Crippen LogP contribution in [0.5, 0.6) is 0 Å². The number of carbonyl (C=O) groups is 1. The van der Waals surface area contributed by atoms with Crippen LogP contribution < -0.4 is 5.73 Å². The van der Waals surface area contributed by atoms with Crippen molar-refractivity contribution in [1.29, 1.82) is 0 Å². The standard InChI is InChI=1S/C8H8Cl2N2O2/c1-3-5(11)4(8(13)14-2)7(10)12-6(3)9/h1-2H3,(H2,11,12). The Morgan fingerprint density at radius 3 is 2.50 bits per heavy atom. The lowest BCUT2D eigenvalue weighted by molar-refractivity contribution is 0.0601. The molecule has 0 amide bonds. The number of anilines is 1. The van der Waals surface area contributed by atoms with Crippen molar-refractivity contribution in [2.24, 2.45) is 0 Å². The molecular weight excluding hydrogens is 227 g/mol. The summed E-state index contributed by atoms with van der Waals surface area (Å²) in [5.74, 6) is -0.625. The van der Waals surface area contributed by atoms with E-state index in [2.05, 4.69) is 9.72 Å². The summed E-state index contributed by atoms with van der Waals surface area (Å²) in [6, 6.07) is 0. The highest BCUT2D eigenvalue weighted by molar-refractivity contribution is 6.35. The third kappa shape index (κ3) is 1.76. The van der Waals surface area contributed by atoms with Crippen molar-refractivity contribution in [3.63, 3.8) is 0 Å². The van der Waals surface area contributed by atoms with Crippen molar-refractivity contribution in [2.75, 3.05) is 12.8 Å². The van der Waals surface area contributed by atoms with Gasteiger partial charge in [-0.2, -0.15) is 0 Å². The van der Waals surface area contributed by atoms with Crippen molar-refractivity contribution in [1.82, 2.24) is 4.98 Å². The van der Waals surface area contributed by atoms with Crippen molar-refractivity contribution in [3.8, 4) is 0 Å². The maximum Gasteiger partial charge on any atom is 0.343 e. The number of nitrogens with zero attached hydrogens (tertiary/aromatic N) is 1. The van der Waals surface area contributed by atoms with Gasteiger partial charge in [0.15, 0.2) is 0 Å². The predicted molar refractivity (Wildman–Crippen MR) is 54.7 cm³/mol. The van der Waals surface area contributed by atoms with Crippen LogP contribution in [0, 0.1) is 6.92 Å². The Balaban J connectivity index is 3.44. The van der Waals surface area contributed by atoms with Gasteiger partial charge in [0.25, 0.3) is 0 Å². The van der Waals surface area contributed by atoms with Crippen molar-refractivity contribution < 1.29 is 9.53 Å². The average Bonchev–Trinajstić information content (AvgIpc) is 2.14. The van der Waals surface area contributed by atoms with Gasteiger partial charge >= 0.3 is 5.97 Å². The number of aromatic nitrogens is 1. The van der Waals surface area contributed by atoms with Crippen molar-refractivity contribution in [3.05, 3.63) is 21.4 Å². The van der Waals surface area contributed by atoms with Crippen LogP contribution in [0.4, 0.5) is 5.69 Å². The Morgan fingerprint density at radius 2 is 2.00 bits per heavy atom. The summed E-state index contributed by atoms with van der Waals surface area (Å²) < 4.78 is 4.51. The molecular formula is C8H8Cl2N2O2. The molecule has 1 aromatic rings. The van der Waals surface area contributed by atoms with E-state index in [9.17, 15) is 4.79 Å². The number of esters is 1. The number of nitrogen functional groups attached to an aromatic ring is 1. The molecule has 0 spiro atoms. The first-order chi connectivity index (χ1) is 6.49. The molecule has 1 aromatic heterocycles. The van der Waals surface area contributed by atoms with Gasteiger partial charge in [0.1, 0.15) is 15.9 Å². The largest absolute Gasteiger partial charge is 0.465 e. The number of rotatable bonds is 1. The third-order valence-electron chi connectivity index (χ3n) is 1.77. The number of pyridine rings is 1. The van der Waals surface area contributed by atoms with Crippen LogP contribution in [-0.2, 0) is 4.74 Å². The Labute approximate surface area is 91.0 Å². The summed E-state index contributed by atoms with van der Waals surface area (Å²) in [5.41, 5.74) is 6.41. The molecule has 0 aromatic carbocycles. The molecule has 76 valence electrons. The minimum atomic E-state index is -0.625. The van der Waals surface area contributed by atoms with Gasteiger partial charge in [-0.1, -0.05) is 23.2 Å². The molecule has 14 heavy (non-hydrogen) atoms. The maximum atomic E-state index is 11.2. The van der Waals surface area contributed by atoms with Crippen molar-refractivity contribution >= 4 is 34.9 Å². The molecule has 0 aliphatic carbocycles. The molecule has 0 radical (unpaired) electrons. The highest BCUT2D eigenvalue weighted by atomic mass is 35.5. The van der Waals surface area contributed by atoms with E-state index < -0.39 is 5.97 Å². The normalized spacial score (nSPS) is 10.0. The fourth-order valence-electron chi connectivity index (χ4n) is 0.932. The zero-order valence-electron chi connectivity index (χ0n) is 7.60. The molecule has 2 N–H and O–H groups in total. The Morgan fingerprint density at radius 1 is 1.43 bits per heavy atom. The molecule has 4 nitrogen and oxygen atoms in total. The third-order valence-corrected chi connectivity index (χ3v) is 2.42. The number of carbonyl (C=O) groups excluding carboxylic acids is 1. The zero-order chi connectivity index (χ0) is 10.9. The molecule has 0 saturated carbocycles. The summed E-state index contributed by atoms with van der Waals surface area (Å²) in [7, 11) is 1.24. The van der Waals surface area contributed by atoms with E-state index in [-0.39, 0.29) is 21.6 Å². The maximum absolute atomic E-state index is 11.2. The van der Waals surface area contributed by atoms with E-state index in [1.807, 2.05) is 0 Å². The van der Waals surface area contributed by atoms with Crippen LogP contribution in [-0.4, -0.2) is 18.1 Å². The highest BCUT2D eigenvalue weighted by Gasteiger charge is 2.19. The monoisotopic (exact) mass is 234 g/mol. The van der Waals surface area contributed by atoms with E-state index in [1.165, 1.54) is 7.11 Å². The minimum Gasteiger partial charge on any atom is -0.465 e. The van der Waals surface area contributed by atoms with Crippen LogP contribution in [0.1, 0.15) is 15.9 Å². The van der Waals surface area contributed by atoms with E-state index in [4.69, 9.17) is 28.9 Å². The van der Waals surface area contributed by atoms with Gasteiger partial charge in [0.05, 0.1) is 12.8 Å². The first-order valence-electron chi connectivity index (χ1n) is 3.68. The lowest BCUT2D eigenvalue weighted by Gasteiger charge is -2.08. The van der Waals surface area contributed by atoms with Crippen LogP contribution in [0.15, 0.2) is 0 Å². The Hall–Kier alpha value is -1.00. The topological polar surface area (TPSA) is 65.2 Å². The molecule has 6 heteroatoms. The van der Waals surface area contributed by atoms with E-state index in [0.29, 0.717) is 5.56 Å². The summed E-state index contributed by atoms with van der Waals surface area (Å²) in [4.78, 5) is 15.0. The van der Waals surface area contributed by atoms with E-state index in [1.54, 1.807) is 6.92 Å². The first kappa shape index (κ1) is 11.1. The molecule has 0 saturated heterocycles. The molecule has 0 bridgehead atoms. The smallest absolute Gasteiger partial charge is 0.343 e. The number of hydrogen-bond acceptors (Lipinski definition) is 4. The molecule has 1 heterocycles. The van der Waals surface area contributed by atoms with Gasteiger partial charge in [-0.05, 0) is 6.92 Å². The molecule has 0 unspecified atom stereocenters. The second-order valence-electron chi connectivity index (χ2n) is 2.60. The van der Waals surface area contributed by atoms with E-state index >= 15 is 0 Å². The molecule has 0 fully saturated rings. The fraction of sp³-hybridized carbons (Fsp3) is 0.250. The molecule has 0 atom stereocenters. The zero-order valence-corrected chi connectivity index (χ0v) is 9.11. The van der Waals surface area contributed by atoms with Gasteiger partial charge in [-0.15, -0.1) is 0 Å². The van der Waals surface area contributed by atoms with Crippen molar-refractivity contribution in [2.45, 2.75) is 6.92 Å². The Kier molecular flexibility index (Phi) is 3.18. The summed E-state index contributed by atoms with van der Waals surface area (Å²) in [6.07, 6.45) is 0. The minimum absolute atomic E-state index is 0.0510. The predicted octanol–water partition coefficient (Wildman–Crippen LogP) is 2.07. The number of methoxy groups -OCH3 is 1. The molecule has 0 aliphatic heterocycles. The van der Waals surface area contributed by atoms with Gasteiger partial charge in [-0.25, -0.2) is 9.78 Å². The fourth-order valence-corrected chi connectivity index (χ4v) is 1.42. The van der Waals surface area contributed by atoms with Crippen LogP contribution in [0.25, 0.3) is 0 Å². The van der Waals surface area contributed by atoms with E-state index in [0.717, 1.165) is 0 Å². The number of ether oxygens (including phenoxy) is 1. The van der Waals surface area contributed by atoms with Crippen LogP contribution in [0.3, 0.4) is 0 Å². The Bertz CT molecular complexity index is 393. The second-order valence-corrected chi connectivity index (χ2v) is 3.31. The van der Waals surface area contributed by atoms with Gasteiger partial charge in [0.2, 0.25) is 0 Å². The van der Waals surface area contributed by atoms with Crippen LogP contribution >= 0.6 is 23.2 Å². The summed E-state index contributed by atoms with van der Waals surface area (Å²) in [5, 5.41) is 0.130.